The number of hydrogen-bond acceptors (Lipinski definition) is 4. The molecule has 0 aliphatic heterocycles. The molecule has 0 atom stereocenters. The molecule has 3 heterocycles. The maximum Gasteiger partial charge on any atom is 0.146 e. The van der Waals surface area contributed by atoms with Crippen molar-refractivity contribution in [3.05, 3.63) is 39.5 Å². The fourth-order valence-corrected chi connectivity index (χ4v) is 3.12. The van der Waals surface area contributed by atoms with Crippen LogP contribution >= 0.6 is 11.3 Å². The van der Waals surface area contributed by atoms with E-state index in [1.54, 1.807) is 11.3 Å². The van der Waals surface area contributed by atoms with Gasteiger partial charge in [-0.15, -0.1) is 11.3 Å². The van der Waals surface area contributed by atoms with Crippen LogP contribution in [0.5, 0.6) is 0 Å². The molecule has 3 rings (SSSR count). The number of nitrogen functional groups attached to an aromatic ring is 1. The minimum absolute atomic E-state index is 0.577. The molecule has 0 bridgehead atoms. The number of aryl methyl sites for hydroxylation is 2. The maximum absolute atomic E-state index is 6.05. The molecule has 0 spiro atoms. The van der Waals surface area contributed by atoms with Crippen molar-refractivity contribution in [3.63, 3.8) is 0 Å². The van der Waals surface area contributed by atoms with Gasteiger partial charge in [-0.1, -0.05) is 6.07 Å². The van der Waals surface area contributed by atoms with Gasteiger partial charge >= 0.3 is 0 Å². The number of anilines is 1. The molecule has 5 heteroatoms. The van der Waals surface area contributed by atoms with Crippen molar-refractivity contribution >= 4 is 28.2 Å². The number of fused-ring (bicyclic) bond motifs is 1. The number of nitrogens with two attached hydrogens (primary N) is 1. The largest absolute Gasteiger partial charge is 0.383 e. The van der Waals surface area contributed by atoms with Crippen molar-refractivity contribution in [3.8, 4) is 0 Å². The van der Waals surface area contributed by atoms with Gasteiger partial charge in [-0.05, 0) is 37.8 Å². The lowest BCUT2D eigenvalue weighted by molar-refractivity contribution is 0.799. The van der Waals surface area contributed by atoms with E-state index in [-0.39, 0.29) is 0 Å². The van der Waals surface area contributed by atoms with Crippen LogP contribution in [0.3, 0.4) is 0 Å². The summed E-state index contributed by atoms with van der Waals surface area (Å²) >= 11 is 1.76. The lowest BCUT2D eigenvalue weighted by Crippen LogP contribution is -2.03. The van der Waals surface area contributed by atoms with E-state index in [9.17, 15) is 0 Å². The predicted molar refractivity (Wildman–Crippen MR) is 79.6 cm³/mol. The van der Waals surface area contributed by atoms with Gasteiger partial charge in [0.15, 0.2) is 0 Å². The van der Waals surface area contributed by atoms with Crippen LogP contribution in [0.1, 0.15) is 22.0 Å². The van der Waals surface area contributed by atoms with Crippen LogP contribution in [0.15, 0.2) is 17.5 Å². The zero-order valence-electron chi connectivity index (χ0n) is 11.3. The highest BCUT2D eigenvalue weighted by molar-refractivity contribution is 7.09. The Balaban J connectivity index is 2.26. The number of hydrogen-bond donors (Lipinski definition) is 1. The molecule has 0 aliphatic carbocycles. The van der Waals surface area contributed by atoms with Gasteiger partial charge in [0, 0.05) is 10.6 Å². The lowest BCUT2D eigenvalue weighted by Gasteiger charge is -2.06. The first kappa shape index (κ1) is 12.2. The highest BCUT2D eigenvalue weighted by Crippen LogP contribution is 2.28. The van der Waals surface area contributed by atoms with Crippen LogP contribution in [-0.2, 0) is 6.54 Å². The molecular formula is C14H16N4S. The Morgan fingerprint density at radius 1 is 1.26 bits per heavy atom. The summed E-state index contributed by atoms with van der Waals surface area (Å²) in [6, 6.07) is 4.21. The Kier molecular flexibility index (Phi) is 2.78. The Morgan fingerprint density at radius 3 is 2.74 bits per heavy atom. The average Bonchev–Trinajstić information content (AvgIpc) is 2.93. The zero-order chi connectivity index (χ0) is 13.6. The third kappa shape index (κ3) is 1.90. The topological polar surface area (TPSA) is 56.7 Å². The molecule has 0 amide bonds. The van der Waals surface area contributed by atoms with Crippen LogP contribution in [0.25, 0.3) is 11.0 Å². The molecule has 98 valence electrons. The normalized spacial score (nSPS) is 11.3. The fourth-order valence-electron chi connectivity index (χ4n) is 2.43. The highest BCUT2D eigenvalue weighted by Gasteiger charge is 2.16. The van der Waals surface area contributed by atoms with E-state index >= 15 is 0 Å². The van der Waals surface area contributed by atoms with Gasteiger partial charge in [-0.3, -0.25) is 0 Å². The quantitative estimate of drug-likeness (QED) is 0.780. The molecule has 0 unspecified atom stereocenters. The van der Waals surface area contributed by atoms with E-state index < -0.39 is 0 Å². The molecule has 4 nitrogen and oxygen atoms in total. The number of nitrogens with zero attached hydrogens (tertiary/aromatic N) is 3. The van der Waals surface area contributed by atoms with Gasteiger partial charge in [0.25, 0.3) is 0 Å². The first-order valence-electron chi connectivity index (χ1n) is 6.20. The number of thiophene rings is 1. The third-order valence-electron chi connectivity index (χ3n) is 3.50. The number of rotatable bonds is 2. The minimum atomic E-state index is 0.577. The van der Waals surface area contributed by atoms with E-state index in [2.05, 4.69) is 45.9 Å². The molecule has 0 saturated carbocycles. The second-order valence-electron chi connectivity index (χ2n) is 4.73. The maximum atomic E-state index is 6.05. The third-order valence-corrected chi connectivity index (χ3v) is 4.36. The van der Waals surface area contributed by atoms with E-state index in [4.69, 9.17) is 5.73 Å². The van der Waals surface area contributed by atoms with Crippen molar-refractivity contribution in [1.29, 1.82) is 0 Å². The van der Waals surface area contributed by atoms with Crippen LogP contribution in [0, 0.1) is 20.8 Å². The van der Waals surface area contributed by atoms with E-state index in [0.29, 0.717) is 5.82 Å². The summed E-state index contributed by atoms with van der Waals surface area (Å²) in [5.41, 5.74) is 9.36. The molecule has 0 radical (unpaired) electrons. The number of aromatic nitrogens is 3. The minimum Gasteiger partial charge on any atom is -0.383 e. The Bertz CT molecular complexity index is 741. The zero-order valence-corrected chi connectivity index (χ0v) is 12.1. The molecule has 0 aromatic carbocycles. The van der Waals surface area contributed by atoms with E-state index in [1.807, 2.05) is 6.92 Å². The standard InChI is InChI=1S/C14H16N4S/c1-8-9(2)18(7-11-5-4-6-19-11)14-12(8)13(15)16-10(3)17-14/h4-6H,7H2,1-3H3,(H2,15,16,17). The molecule has 19 heavy (non-hydrogen) atoms. The van der Waals surface area contributed by atoms with Crippen molar-refractivity contribution in [2.24, 2.45) is 0 Å². The summed E-state index contributed by atoms with van der Waals surface area (Å²) in [6.45, 7) is 6.91. The monoisotopic (exact) mass is 272 g/mol. The van der Waals surface area contributed by atoms with Gasteiger partial charge in [0.1, 0.15) is 17.3 Å². The molecule has 2 N–H and O–H groups in total. The van der Waals surface area contributed by atoms with Gasteiger partial charge in [0.05, 0.1) is 11.9 Å². The van der Waals surface area contributed by atoms with Gasteiger partial charge in [0.2, 0.25) is 0 Å². The first-order valence-corrected chi connectivity index (χ1v) is 7.07. The summed E-state index contributed by atoms with van der Waals surface area (Å²) in [4.78, 5) is 10.2. The van der Waals surface area contributed by atoms with Crippen LogP contribution in [0.4, 0.5) is 5.82 Å². The van der Waals surface area contributed by atoms with Gasteiger partial charge in [-0.2, -0.15) is 0 Å². The summed E-state index contributed by atoms with van der Waals surface area (Å²) in [5.74, 6) is 1.29. The summed E-state index contributed by atoms with van der Waals surface area (Å²) in [5, 5.41) is 3.08. The van der Waals surface area contributed by atoms with Crippen molar-refractivity contribution in [2.45, 2.75) is 27.3 Å². The van der Waals surface area contributed by atoms with Gasteiger partial charge < -0.3 is 10.3 Å². The van der Waals surface area contributed by atoms with Gasteiger partial charge in [-0.25, -0.2) is 9.97 Å². The fraction of sp³-hybridized carbons (Fsp3) is 0.286. The van der Waals surface area contributed by atoms with E-state index in [0.717, 1.165) is 23.4 Å². The molecule has 3 aromatic heterocycles. The molecule has 0 aliphatic rings. The second kappa shape index (κ2) is 4.35. The van der Waals surface area contributed by atoms with Crippen molar-refractivity contribution in [2.75, 3.05) is 5.73 Å². The second-order valence-corrected chi connectivity index (χ2v) is 5.76. The Hall–Kier alpha value is -1.88. The smallest absolute Gasteiger partial charge is 0.146 e. The summed E-state index contributed by atoms with van der Waals surface area (Å²) in [6.07, 6.45) is 0. The van der Waals surface area contributed by atoms with Crippen molar-refractivity contribution < 1.29 is 0 Å². The van der Waals surface area contributed by atoms with Crippen LogP contribution in [-0.4, -0.2) is 14.5 Å². The lowest BCUT2D eigenvalue weighted by atomic mass is 10.2. The van der Waals surface area contributed by atoms with Crippen LogP contribution in [0.2, 0.25) is 0 Å². The summed E-state index contributed by atoms with van der Waals surface area (Å²) in [7, 11) is 0. The predicted octanol–water partition coefficient (Wildman–Crippen LogP) is 3.05. The molecular weight excluding hydrogens is 256 g/mol. The van der Waals surface area contributed by atoms with E-state index in [1.165, 1.54) is 16.1 Å². The SMILES string of the molecule is Cc1nc(N)c2c(C)c(C)n(Cc3cccs3)c2n1. The first-order chi connectivity index (χ1) is 9.08. The van der Waals surface area contributed by atoms with Crippen molar-refractivity contribution in [1.82, 2.24) is 14.5 Å². The Labute approximate surface area is 115 Å². The summed E-state index contributed by atoms with van der Waals surface area (Å²) < 4.78 is 2.22. The Morgan fingerprint density at radius 2 is 2.05 bits per heavy atom. The molecule has 0 saturated heterocycles. The average molecular weight is 272 g/mol. The highest BCUT2D eigenvalue weighted by atomic mass is 32.1. The molecule has 3 aromatic rings. The van der Waals surface area contributed by atoms with Crippen LogP contribution < -0.4 is 5.73 Å². The molecule has 0 fully saturated rings.